The second-order valence-electron chi connectivity index (χ2n) is 7.98. The van der Waals surface area contributed by atoms with E-state index in [1.54, 1.807) is 10.3 Å². The van der Waals surface area contributed by atoms with Gasteiger partial charge in [-0.2, -0.15) is 17.9 Å². The predicted molar refractivity (Wildman–Crippen MR) is 110 cm³/mol. The molecule has 3 aliphatic rings. The van der Waals surface area contributed by atoms with Crippen LogP contribution in [0.5, 0.6) is 0 Å². The highest BCUT2D eigenvalue weighted by molar-refractivity contribution is 7.83. The van der Waals surface area contributed by atoms with Crippen LogP contribution in [-0.2, 0) is 9.59 Å². The molecule has 0 saturated carbocycles. The molecule has 0 aromatic carbocycles. The maximum absolute atomic E-state index is 12.6. The summed E-state index contributed by atoms with van der Waals surface area (Å²) in [6.07, 6.45) is 5.43. The molecular formula is C20H29N5O2S. The molecule has 3 rings (SSSR count). The number of amides is 2. The molecule has 3 heterocycles. The topological polar surface area (TPSA) is 93.7 Å². The van der Waals surface area contributed by atoms with Gasteiger partial charge in [-0.25, -0.2) is 0 Å². The highest BCUT2D eigenvalue weighted by Gasteiger charge is 2.46. The van der Waals surface area contributed by atoms with Crippen LogP contribution in [-0.4, -0.2) is 76.9 Å². The molecule has 2 bridgehead atoms. The lowest BCUT2D eigenvalue weighted by Gasteiger charge is -2.36. The van der Waals surface area contributed by atoms with Crippen LogP contribution in [0, 0.1) is 11.3 Å². The lowest BCUT2D eigenvalue weighted by Crippen LogP contribution is -2.55. The van der Waals surface area contributed by atoms with Gasteiger partial charge in [0.25, 0.3) is 0 Å². The van der Waals surface area contributed by atoms with Crippen molar-refractivity contribution >= 4 is 24.4 Å². The van der Waals surface area contributed by atoms with Crippen molar-refractivity contribution < 1.29 is 9.59 Å². The van der Waals surface area contributed by atoms with Gasteiger partial charge in [-0.1, -0.05) is 18.2 Å². The Balaban J connectivity index is 1.49. The summed E-state index contributed by atoms with van der Waals surface area (Å²) in [5, 5.41) is 10.8. The second kappa shape index (κ2) is 9.12. The zero-order chi connectivity index (χ0) is 20.3. The Kier molecular flexibility index (Phi) is 6.81. The van der Waals surface area contributed by atoms with Crippen molar-refractivity contribution in [3.8, 4) is 6.07 Å². The molecular weight excluding hydrogens is 374 g/mol. The number of hydrogen-bond acceptors (Lipinski definition) is 6. The summed E-state index contributed by atoms with van der Waals surface area (Å²) in [7, 11) is 0. The molecule has 0 aromatic heterocycles. The first kappa shape index (κ1) is 20.9. The summed E-state index contributed by atoms with van der Waals surface area (Å²) in [5.74, 6) is -0.00711. The Morgan fingerprint density at radius 3 is 2.75 bits per heavy atom. The number of rotatable bonds is 7. The third-order valence-corrected chi connectivity index (χ3v) is 6.23. The van der Waals surface area contributed by atoms with E-state index in [9.17, 15) is 14.9 Å². The van der Waals surface area contributed by atoms with Crippen LogP contribution in [0.25, 0.3) is 0 Å². The fraction of sp³-hybridized carbons (Fsp3) is 0.650. The number of carbonyl (C=O) groups excluding carboxylic acids is 2. The molecule has 7 nitrogen and oxygen atoms in total. The lowest BCUT2D eigenvalue weighted by molar-refractivity contribution is -0.135. The van der Waals surface area contributed by atoms with E-state index in [2.05, 4.69) is 30.2 Å². The van der Waals surface area contributed by atoms with E-state index >= 15 is 0 Å². The number of allylic oxidation sites excluding steroid dienone is 1. The third-order valence-electron chi connectivity index (χ3n) is 6.02. The van der Waals surface area contributed by atoms with Crippen LogP contribution in [0.1, 0.15) is 32.1 Å². The Labute approximate surface area is 172 Å². The molecule has 3 aliphatic heterocycles. The number of thiol groups is 1. The largest absolute Gasteiger partial charge is 0.337 e. The van der Waals surface area contributed by atoms with Gasteiger partial charge in [-0.3, -0.25) is 14.5 Å². The molecule has 28 heavy (non-hydrogen) atoms. The maximum Gasteiger partial charge on any atom is 0.241 e. The van der Waals surface area contributed by atoms with Gasteiger partial charge in [0.05, 0.1) is 12.1 Å². The van der Waals surface area contributed by atoms with E-state index in [0.717, 1.165) is 31.4 Å². The van der Waals surface area contributed by atoms with Gasteiger partial charge in [0.15, 0.2) is 0 Å². The third kappa shape index (κ3) is 4.43. The van der Waals surface area contributed by atoms with Crippen LogP contribution in [0.15, 0.2) is 23.6 Å². The van der Waals surface area contributed by atoms with Crippen LogP contribution >= 0.6 is 12.6 Å². The summed E-state index contributed by atoms with van der Waals surface area (Å²) < 4.78 is 0. The molecule has 0 aliphatic carbocycles. The number of nitrogens with two attached hydrogens (primary N) is 1. The molecule has 2 amide bonds. The van der Waals surface area contributed by atoms with Crippen molar-refractivity contribution in [3.05, 3.63) is 23.6 Å². The number of piperazine rings is 1. The van der Waals surface area contributed by atoms with Gasteiger partial charge < -0.3 is 15.5 Å². The molecule has 2 N–H and O–H groups in total. The molecule has 3 saturated heterocycles. The van der Waals surface area contributed by atoms with Crippen LogP contribution < -0.4 is 5.73 Å². The first-order valence-corrected chi connectivity index (χ1v) is 10.4. The first-order chi connectivity index (χ1) is 13.4. The minimum absolute atomic E-state index is 0.124. The Bertz CT molecular complexity index is 703. The van der Waals surface area contributed by atoms with Crippen molar-refractivity contribution in [1.29, 1.82) is 5.26 Å². The Morgan fingerprint density at radius 2 is 2.11 bits per heavy atom. The van der Waals surface area contributed by atoms with E-state index in [4.69, 9.17) is 5.73 Å². The summed E-state index contributed by atoms with van der Waals surface area (Å²) in [4.78, 5) is 31.0. The first-order valence-electron chi connectivity index (χ1n) is 9.89. The van der Waals surface area contributed by atoms with Gasteiger partial charge in [-0.15, -0.1) is 0 Å². The number of carbonyl (C=O) groups is 2. The number of likely N-dealkylation sites (tertiary alicyclic amines) is 3. The van der Waals surface area contributed by atoms with Crippen molar-refractivity contribution in [2.45, 2.75) is 56.3 Å². The van der Waals surface area contributed by atoms with Gasteiger partial charge in [0.1, 0.15) is 6.04 Å². The normalized spacial score (nSPS) is 28.1. The summed E-state index contributed by atoms with van der Waals surface area (Å²) >= 11 is 4.02. The van der Waals surface area contributed by atoms with E-state index in [0.29, 0.717) is 32.5 Å². The molecule has 0 unspecified atom stereocenters. The number of hydrogen-bond donors (Lipinski definition) is 2. The average molecular weight is 404 g/mol. The van der Waals surface area contributed by atoms with Crippen molar-refractivity contribution in [2.24, 2.45) is 5.73 Å². The van der Waals surface area contributed by atoms with Gasteiger partial charge in [-0.05, 0) is 31.1 Å². The zero-order valence-electron chi connectivity index (χ0n) is 16.2. The molecule has 4 atom stereocenters. The van der Waals surface area contributed by atoms with Crippen molar-refractivity contribution in [3.63, 3.8) is 0 Å². The standard InChI is InChI=1S/C20H29N5O2S/c1-14(4-3-7-28)8-19(26)25-12-16-9-17(25)11-23(16)13-18(22)20(27)24-6-2-5-15(24)10-21/h3,7,15-18,28H,1-2,4-6,8-9,11-13,22H2/b7-3-/t15-,16-,17-,18-/m0/s1. The number of fused-ring (bicyclic) bond motifs is 2. The smallest absolute Gasteiger partial charge is 0.241 e. The molecule has 152 valence electrons. The zero-order valence-corrected chi connectivity index (χ0v) is 17.1. The molecule has 3 fully saturated rings. The minimum Gasteiger partial charge on any atom is -0.337 e. The van der Waals surface area contributed by atoms with E-state index in [1.807, 2.05) is 11.0 Å². The van der Waals surface area contributed by atoms with Crippen molar-refractivity contribution in [2.75, 3.05) is 26.2 Å². The SMILES string of the molecule is C=C(C/C=C\S)CC(=O)N1C[C@@H]2C[C@H]1CN2C[C@H](N)C(=O)N1CCC[C@H]1C#N. The average Bonchev–Trinajstić information content (AvgIpc) is 3.40. The summed E-state index contributed by atoms with van der Waals surface area (Å²) in [6.45, 7) is 6.50. The number of nitrogens with zero attached hydrogens (tertiary/aromatic N) is 4. The highest BCUT2D eigenvalue weighted by Crippen LogP contribution is 2.32. The van der Waals surface area contributed by atoms with Gasteiger partial charge >= 0.3 is 0 Å². The minimum atomic E-state index is -0.620. The van der Waals surface area contributed by atoms with Crippen LogP contribution in [0.2, 0.25) is 0 Å². The molecule has 0 spiro atoms. The van der Waals surface area contributed by atoms with Crippen molar-refractivity contribution in [1.82, 2.24) is 14.7 Å². The molecule has 0 radical (unpaired) electrons. The molecule has 8 heteroatoms. The fourth-order valence-electron chi connectivity index (χ4n) is 4.59. The second-order valence-corrected chi connectivity index (χ2v) is 8.28. The van der Waals surface area contributed by atoms with E-state index in [-0.39, 0.29) is 29.9 Å². The monoisotopic (exact) mass is 403 g/mol. The summed E-state index contributed by atoms with van der Waals surface area (Å²) in [6, 6.07) is 1.67. The van der Waals surface area contributed by atoms with Gasteiger partial charge in [0.2, 0.25) is 11.8 Å². The highest BCUT2D eigenvalue weighted by atomic mass is 32.1. The lowest BCUT2D eigenvalue weighted by atomic mass is 10.1. The Morgan fingerprint density at radius 1 is 1.32 bits per heavy atom. The van der Waals surface area contributed by atoms with Gasteiger partial charge in [0, 0.05) is 44.7 Å². The number of nitriles is 1. The Hall–Kier alpha value is -1.82. The predicted octanol–water partition coefficient (Wildman–Crippen LogP) is 0.893. The molecule has 0 aromatic rings. The van der Waals surface area contributed by atoms with Crippen LogP contribution in [0.4, 0.5) is 0 Å². The quantitative estimate of drug-likeness (QED) is 0.486. The summed E-state index contributed by atoms with van der Waals surface area (Å²) in [5.41, 5.74) is 7.07. The fourth-order valence-corrected chi connectivity index (χ4v) is 4.70. The maximum atomic E-state index is 12.6. The van der Waals surface area contributed by atoms with E-state index < -0.39 is 6.04 Å². The van der Waals surface area contributed by atoms with Crippen LogP contribution in [0.3, 0.4) is 0 Å². The van der Waals surface area contributed by atoms with E-state index in [1.165, 1.54) is 0 Å².